The molecule has 26 heavy (non-hydrogen) atoms. The van der Waals surface area contributed by atoms with Crippen LogP contribution in [0.3, 0.4) is 0 Å². The number of nitrogens with zero attached hydrogens (tertiary/aromatic N) is 1. The standard InChI is InChI=1S/C21H33N3O2/c1-15(2)11-12-21(5)19(25)24(20(26)22-21)14-23(6)13-17-7-9-18(10-8-17)16(3)4/h7-10,15-16H,11-14H2,1-6H3,(H,22,26)/p+1/t21-/m0/s1. The lowest BCUT2D eigenvalue weighted by Gasteiger charge is -2.23. The van der Waals surface area contributed by atoms with Crippen molar-refractivity contribution in [1.29, 1.82) is 0 Å². The van der Waals surface area contributed by atoms with Crippen LogP contribution in [0.4, 0.5) is 4.79 Å². The molecule has 1 heterocycles. The molecule has 2 rings (SSSR count). The molecule has 2 N–H and O–H groups in total. The molecule has 0 aliphatic carbocycles. The van der Waals surface area contributed by atoms with Crippen LogP contribution in [-0.4, -0.2) is 36.1 Å². The lowest BCUT2D eigenvalue weighted by atomic mass is 9.92. The minimum Gasteiger partial charge on any atom is -0.323 e. The Balaban J connectivity index is 1.96. The number of hydrogen-bond donors (Lipinski definition) is 2. The third-order valence-electron chi connectivity index (χ3n) is 5.15. The minimum absolute atomic E-state index is 0.0994. The fourth-order valence-electron chi connectivity index (χ4n) is 3.33. The Bertz CT molecular complexity index is 639. The van der Waals surface area contributed by atoms with Gasteiger partial charge in [-0.15, -0.1) is 0 Å². The van der Waals surface area contributed by atoms with Gasteiger partial charge in [-0.3, -0.25) is 4.79 Å². The molecule has 1 aliphatic heterocycles. The number of rotatable bonds is 8. The van der Waals surface area contributed by atoms with Gasteiger partial charge in [-0.2, -0.15) is 0 Å². The second-order valence-electron chi connectivity index (χ2n) is 8.62. The number of imide groups is 1. The number of carbonyl (C=O) groups is 2. The number of benzene rings is 1. The van der Waals surface area contributed by atoms with Crippen LogP contribution in [-0.2, 0) is 11.3 Å². The number of carbonyl (C=O) groups excluding carboxylic acids is 2. The van der Waals surface area contributed by atoms with E-state index in [2.05, 4.69) is 57.3 Å². The molecule has 144 valence electrons. The van der Waals surface area contributed by atoms with Crippen LogP contribution in [0, 0.1) is 5.92 Å². The first-order valence-electron chi connectivity index (χ1n) is 9.66. The van der Waals surface area contributed by atoms with Crippen molar-refractivity contribution >= 4 is 11.9 Å². The molecule has 0 saturated carbocycles. The third kappa shape index (κ3) is 4.85. The predicted octanol–water partition coefficient (Wildman–Crippen LogP) is 2.53. The molecule has 0 bridgehead atoms. The summed E-state index contributed by atoms with van der Waals surface area (Å²) in [4.78, 5) is 27.6. The first kappa shape index (κ1) is 20.4. The van der Waals surface area contributed by atoms with Crippen molar-refractivity contribution in [3.63, 3.8) is 0 Å². The van der Waals surface area contributed by atoms with Gasteiger partial charge < -0.3 is 10.2 Å². The van der Waals surface area contributed by atoms with E-state index in [1.54, 1.807) is 0 Å². The van der Waals surface area contributed by atoms with Gasteiger partial charge in [-0.25, -0.2) is 9.69 Å². The molecule has 1 saturated heterocycles. The van der Waals surface area contributed by atoms with E-state index in [1.807, 2.05) is 14.0 Å². The Hall–Kier alpha value is -1.88. The SMILES string of the molecule is CC(C)CC[C@]1(C)NC(=O)N(C[NH+](C)Cc2ccc(C(C)C)cc2)C1=O. The first-order chi connectivity index (χ1) is 12.1. The number of urea groups is 1. The van der Waals surface area contributed by atoms with Crippen LogP contribution in [0.15, 0.2) is 24.3 Å². The molecule has 1 aromatic carbocycles. The molecule has 0 aromatic heterocycles. The molecule has 5 nitrogen and oxygen atoms in total. The van der Waals surface area contributed by atoms with Crippen molar-refractivity contribution in [2.75, 3.05) is 13.7 Å². The molecule has 2 atom stereocenters. The van der Waals surface area contributed by atoms with Gasteiger partial charge in [0.25, 0.3) is 5.91 Å². The van der Waals surface area contributed by atoms with E-state index < -0.39 is 5.54 Å². The van der Waals surface area contributed by atoms with E-state index in [9.17, 15) is 9.59 Å². The number of nitrogens with one attached hydrogen (secondary N) is 2. The smallest absolute Gasteiger partial charge is 0.323 e. The fraction of sp³-hybridized carbons (Fsp3) is 0.619. The molecule has 1 fully saturated rings. The predicted molar refractivity (Wildman–Crippen MR) is 104 cm³/mol. The van der Waals surface area contributed by atoms with Crippen molar-refractivity contribution < 1.29 is 14.5 Å². The number of amides is 3. The summed E-state index contributed by atoms with van der Waals surface area (Å²) in [5.74, 6) is 0.925. The zero-order valence-corrected chi connectivity index (χ0v) is 17.1. The van der Waals surface area contributed by atoms with E-state index in [-0.39, 0.29) is 11.9 Å². The second kappa shape index (κ2) is 8.21. The normalized spacial score (nSPS) is 21.6. The highest BCUT2D eigenvalue weighted by Gasteiger charge is 2.48. The van der Waals surface area contributed by atoms with Crippen LogP contribution in [0.2, 0.25) is 0 Å². The van der Waals surface area contributed by atoms with E-state index in [0.29, 0.717) is 24.9 Å². The van der Waals surface area contributed by atoms with Crippen LogP contribution in [0.1, 0.15) is 64.5 Å². The van der Waals surface area contributed by atoms with E-state index >= 15 is 0 Å². The second-order valence-corrected chi connectivity index (χ2v) is 8.62. The van der Waals surface area contributed by atoms with Gasteiger partial charge in [0, 0.05) is 5.56 Å². The van der Waals surface area contributed by atoms with Crippen molar-refractivity contribution in [2.45, 2.75) is 65.5 Å². The number of quaternary nitrogens is 1. The average molecular weight is 361 g/mol. The zero-order chi connectivity index (χ0) is 19.5. The van der Waals surface area contributed by atoms with E-state index in [0.717, 1.165) is 17.9 Å². The summed E-state index contributed by atoms with van der Waals surface area (Å²) in [5, 5.41) is 2.90. The topological polar surface area (TPSA) is 53.9 Å². The lowest BCUT2D eigenvalue weighted by Crippen LogP contribution is -3.09. The molecular formula is C21H34N3O2+. The Kier molecular flexibility index (Phi) is 6.45. The monoisotopic (exact) mass is 360 g/mol. The van der Waals surface area contributed by atoms with Crippen molar-refractivity contribution in [1.82, 2.24) is 10.2 Å². The molecule has 0 radical (unpaired) electrons. The van der Waals surface area contributed by atoms with Crippen LogP contribution in [0.25, 0.3) is 0 Å². The summed E-state index contributed by atoms with van der Waals surface area (Å²) < 4.78 is 0. The van der Waals surface area contributed by atoms with Crippen LogP contribution >= 0.6 is 0 Å². The van der Waals surface area contributed by atoms with Gasteiger partial charge in [-0.05, 0) is 37.2 Å². The molecule has 5 heteroatoms. The van der Waals surface area contributed by atoms with E-state index in [1.165, 1.54) is 16.0 Å². The van der Waals surface area contributed by atoms with Crippen LogP contribution in [0.5, 0.6) is 0 Å². The van der Waals surface area contributed by atoms with Gasteiger partial charge in [0.05, 0.1) is 7.05 Å². The summed E-state index contributed by atoms with van der Waals surface area (Å²) in [5.41, 5.74) is 1.77. The maximum Gasteiger partial charge on any atom is 0.329 e. The van der Waals surface area contributed by atoms with Gasteiger partial charge in [0.2, 0.25) is 0 Å². The van der Waals surface area contributed by atoms with Crippen LogP contribution < -0.4 is 10.2 Å². The third-order valence-corrected chi connectivity index (χ3v) is 5.15. The summed E-state index contributed by atoms with van der Waals surface area (Å²) in [6, 6.07) is 8.32. The van der Waals surface area contributed by atoms with Gasteiger partial charge in [-0.1, -0.05) is 52.0 Å². The molecule has 1 unspecified atom stereocenters. The highest BCUT2D eigenvalue weighted by Crippen LogP contribution is 2.24. The average Bonchev–Trinajstić information content (AvgIpc) is 2.77. The Morgan fingerprint density at radius 3 is 2.27 bits per heavy atom. The van der Waals surface area contributed by atoms with Crippen molar-refractivity contribution in [3.8, 4) is 0 Å². The fourth-order valence-corrected chi connectivity index (χ4v) is 3.33. The van der Waals surface area contributed by atoms with E-state index in [4.69, 9.17) is 0 Å². The number of hydrogen-bond acceptors (Lipinski definition) is 2. The lowest BCUT2D eigenvalue weighted by molar-refractivity contribution is -0.901. The molecule has 0 spiro atoms. The van der Waals surface area contributed by atoms with Crippen molar-refractivity contribution in [2.24, 2.45) is 5.92 Å². The molecule has 1 aliphatic rings. The quantitative estimate of drug-likeness (QED) is 0.700. The van der Waals surface area contributed by atoms with Gasteiger partial charge >= 0.3 is 6.03 Å². The molecular weight excluding hydrogens is 326 g/mol. The summed E-state index contributed by atoms with van der Waals surface area (Å²) in [7, 11) is 2.01. The maximum absolute atomic E-state index is 12.8. The Morgan fingerprint density at radius 2 is 1.73 bits per heavy atom. The largest absolute Gasteiger partial charge is 0.329 e. The summed E-state index contributed by atoms with van der Waals surface area (Å²) in [6.45, 7) is 11.6. The minimum atomic E-state index is -0.763. The summed E-state index contributed by atoms with van der Waals surface area (Å²) >= 11 is 0. The van der Waals surface area contributed by atoms with Crippen molar-refractivity contribution in [3.05, 3.63) is 35.4 Å². The van der Waals surface area contributed by atoms with Gasteiger partial charge in [0.1, 0.15) is 12.1 Å². The zero-order valence-electron chi connectivity index (χ0n) is 17.1. The Morgan fingerprint density at radius 1 is 1.12 bits per heavy atom. The first-order valence-corrected chi connectivity index (χ1v) is 9.66. The molecule has 3 amide bonds. The maximum atomic E-state index is 12.8. The molecule has 1 aromatic rings. The Labute approximate surface area is 157 Å². The van der Waals surface area contributed by atoms with Gasteiger partial charge in [0.15, 0.2) is 6.67 Å². The highest BCUT2D eigenvalue weighted by atomic mass is 16.2. The summed E-state index contributed by atoms with van der Waals surface area (Å²) in [6.07, 6.45) is 1.60. The highest BCUT2D eigenvalue weighted by molar-refractivity contribution is 6.06.